The van der Waals surface area contributed by atoms with Gasteiger partial charge in [0.25, 0.3) is 0 Å². The molecule has 2 N–H and O–H groups in total. The number of rotatable bonds is 4. The fourth-order valence-corrected chi connectivity index (χ4v) is 1.67. The van der Waals surface area contributed by atoms with Crippen molar-refractivity contribution in [3.05, 3.63) is 23.4 Å². The molecule has 21 heavy (non-hydrogen) atoms. The Kier molecular flexibility index (Phi) is 5.78. The average Bonchev–Trinajstić information content (AvgIpc) is 2.40. The van der Waals surface area contributed by atoms with E-state index in [1.807, 2.05) is 19.9 Å². The summed E-state index contributed by atoms with van der Waals surface area (Å²) in [4.78, 5) is 16.0. The highest BCUT2D eigenvalue weighted by Crippen LogP contribution is 2.22. The molecule has 0 amide bonds. The Labute approximate surface area is 127 Å². The lowest BCUT2D eigenvalue weighted by molar-refractivity contribution is -0.153. The van der Waals surface area contributed by atoms with Gasteiger partial charge in [-0.1, -0.05) is 25.7 Å². The molecular weight excluding hydrogens is 264 g/mol. The number of hydrogen-bond acceptors (Lipinski definition) is 4. The molecule has 0 aromatic carbocycles. The number of hydrogen-bond donors (Lipinski definition) is 1. The molecular formula is C17H24N2O2. The maximum atomic E-state index is 11.8. The Morgan fingerprint density at radius 1 is 1.48 bits per heavy atom. The highest BCUT2D eigenvalue weighted by molar-refractivity contribution is 5.76. The van der Waals surface area contributed by atoms with Crippen LogP contribution in [0.1, 0.15) is 58.1 Å². The molecule has 0 saturated heterocycles. The molecule has 0 saturated carbocycles. The molecule has 0 bridgehead atoms. The first kappa shape index (κ1) is 17.0. The van der Waals surface area contributed by atoms with Crippen LogP contribution in [0.15, 0.2) is 12.3 Å². The summed E-state index contributed by atoms with van der Waals surface area (Å²) in [5.74, 6) is 6.59. The van der Waals surface area contributed by atoms with E-state index in [1.165, 1.54) is 0 Å². The van der Waals surface area contributed by atoms with Gasteiger partial charge in [0.2, 0.25) is 0 Å². The van der Waals surface area contributed by atoms with Crippen LogP contribution in [-0.2, 0) is 9.53 Å². The van der Waals surface area contributed by atoms with Gasteiger partial charge in [0, 0.05) is 12.6 Å². The summed E-state index contributed by atoms with van der Waals surface area (Å²) in [6.45, 7) is 10.0. The molecule has 1 rings (SSSR count). The fraction of sp³-hybridized carbons (Fsp3) is 0.529. The van der Waals surface area contributed by atoms with Crippen molar-refractivity contribution < 1.29 is 9.53 Å². The van der Waals surface area contributed by atoms with Crippen molar-refractivity contribution in [1.82, 2.24) is 4.98 Å². The minimum absolute atomic E-state index is 0.235. The van der Waals surface area contributed by atoms with Gasteiger partial charge in [0.1, 0.15) is 5.82 Å². The van der Waals surface area contributed by atoms with Crippen molar-refractivity contribution in [1.29, 1.82) is 0 Å². The maximum Gasteiger partial charge on any atom is 0.312 e. The zero-order valence-electron chi connectivity index (χ0n) is 13.5. The quantitative estimate of drug-likeness (QED) is 0.683. The van der Waals surface area contributed by atoms with Crippen LogP contribution < -0.4 is 5.73 Å². The molecule has 4 nitrogen and oxygen atoms in total. The van der Waals surface area contributed by atoms with Gasteiger partial charge in [-0.05, 0) is 38.3 Å². The number of carbonyl (C=O) groups excluding carboxylic acids is 1. The number of esters is 1. The van der Waals surface area contributed by atoms with Crippen LogP contribution in [0.3, 0.4) is 0 Å². The third-order valence-electron chi connectivity index (χ3n) is 3.19. The van der Waals surface area contributed by atoms with Crippen molar-refractivity contribution in [3.8, 4) is 11.8 Å². The number of ether oxygens (including phenoxy) is 1. The Morgan fingerprint density at radius 2 is 2.14 bits per heavy atom. The second kappa shape index (κ2) is 7.12. The number of aromatic nitrogens is 1. The van der Waals surface area contributed by atoms with E-state index in [4.69, 9.17) is 10.5 Å². The number of nitrogens with zero attached hydrogens (tertiary/aromatic N) is 1. The predicted molar refractivity (Wildman–Crippen MR) is 84.6 cm³/mol. The Balaban J connectivity index is 2.88. The zero-order valence-corrected chi connectivity index (χ0v) is 13.5. The van der Waals surface area contributed by atoms with E-state index >= 15 is 0 Å². The molecule has 1 heterocycles. The molecule has 0 unspecified atom stereocenters. The monoisotopic (exact) mass is 288 g/mol. The van der Waals surface area contributed by atoms with Crippen molar-refractivity contribution in [3.63, 3.8) is 0 Å². The smallest absolute Gasteiger partial charge is 0.312 e. The molecule has 0 radical (unpaired) electrons. The summed E-state index contributed by atoms with van der Waals surface area (Å²) < 4.78 is 5.04. The molecule has 0 aliphatic heterocycles. The lowest BCUT2D eigenvalue weighted by Gasteiger charge is -2.18. The van der Waals surface area contributed by atoms with Crippen LogP contribution in [0.2, 0.25) is 0 Å². The minimum atomic E-state index is -0.624. The minimum Gasteiger partial charge on any atom is -0.466 e. The molecule has 0 fully saturated rings. The summed E-state index contributed by atoms with van der Waals surface area (Å²) in [5, 5.41) is 0. The Morgan fingerprint density at radius 3 is 2.71 bits per heavy atom. The van der Waals surface area contributed by atoms with Gasteiger partial charge in [0.05, 0.1) is 17.6 Å². The van der Waals surface area contributed by atoms with Gasteiger partial charge >= 0.3 is 5.97 Å². The first-order chi connectivity index (χ1) is 9.77. The molecule has 114 valence electrons. The third-order valence-corrected chi connectivity index (χ3v) is 3.19. The van der Waals surface area contributed by atoms with Crippen molar-refractivity contribution >= 4 is 11.8 Å². The molecule has 1 aromatic rings. The molecule has 1 aromatic heterocycles. The van der Waals surface area contributed by atoms with Gasteiger partial charge in [-0.2, -0.15) is 0 Å². The van der Waals surface area contributed by atoms with Crippen LogP contribution in [0, 0.1) is 17.3 Å². The number of anilines is 1. The first-order valence-corrected chi connectivity index (χ1v) is 7.19. The van der Waals surface area contributed by atoms with E-state index in [-0.39, 0.29) is 5.97 Å². The first-order valence-electron chi connectivity index (χ1n) is 7.19. The lowest BCUT2D eigenvalue weighted by atomic mass is 9.90. The van der Waals surface area contributed by atoms with E-state index in [2.05, 4.69) is 30.7 Å². The van der Waals surface area contributed by atoms with Crippen LogP contribution >= 0.6 is 0 Å². The van der Waals surface area contributed by atoms with Crippen LogP contribution in [-0.4, -0.2) is 17.6 Å². The average molecular weight is 288 g/mol. The molecule has 0 spiro atoms. The Hall–Kier alpha value is -2.02. The highest BCUT2D eigenvalue weighted by Gasteiger charge is 2.27. The standard InChI is InChI=1S/C17H24N2O2/c1-6-21-16(20)17(4,5)9-7-8-13-10-14(12(2)3)11-19-15(13)18/h10-12H,6,9H2,1-5H3,(H2,18,19). The molecule has 0 atom stereocenters. The lowest BCUT2D eigenvalue weighted by Crippen LogP contribution is -2.26. The van der Waals surface area contributed by atoms with E-state index in [9.17, 15) is 4.79 Å². The van der Waals surface area contributed by atoms with E-state index < -0.39 is 5.41 Å². The summed E-state index contributed by atoms with van der Waals surface area (Å²) in [5.41, 5.74) is 7.02. The predicted octanol–water partition coefficient (Wildman–Crippen LogP) is 3.12. The van der Waals surface area contributed by atoms with Crippen LogP contribution in [0.5, 0.6) is 0 Å². The van der Waals surface area contributed by atoms with E-state index in [0.29, 0.717) is 30.3 Å². The van der Waals surface area contributed by atoms with Gasteiger partial charge in [-0.15, -0.1) is 0 Å². The Bertz CT molecular complexity index is 566. The zero-order chi connectivity index (χ0) is 16.0. The molecule has 0 aliphatic rings. The van der Waals surface area contributed by atoms with Gasteiger partial charge in [-0.3, -0.25) is 4.79 Å². The normalized spacial score (nSPS) is 11.0. The van der Waals surface area contributed by atoms with Crippen LogP contribution in [0.25, 0.3) is 0 Å². The molecule has 0 aliphatic carbocycles. The van der Waals surface area contributed by atoms with Gasteiger partial charge in [0.15, 0.2) is 0 Å². The number of pyridine rings is 1. The van der Waals surface area contributed by atoms with Crippen LogP contribution in [0.4, 0.5) is 5.82 Å². The van der Waals surface area contributed by atoms with Gasteiger partial charge in [-0.25, -0.2) is 4.98 Å². The van der Waals surface area contributed by atoms with Crippen molar-refractivity contribution in [2.45, 2.75) is 47.0 Å². The second-order valence-corrected chi connectivity index (χ2v) is 5.94. The number of nitrogen functional groups attached to an aromatic ring is 1. The van der Waals surface area contributed by atoms with E-state index in [1.54, 1.807) is 13.1 Å². The second-order valence-electron chi connectivity index (χ2n) is 5.94. The third kappa shape index (κ3) is 4.78. The van der Waals surface area contributed by atoms with E-state index in [0.717, 1.165) is 5.56 Å². The van der Waals surface area contributed by atoms with Crippen molar-refractivity contribution in [2.75, 3.05) is 12.3 Å². The number of nitrogens with two attached hydrogens (primary N) is 1. The largest absolute Gasteiger partial charge is 0.466 e. The highest BCUT2D eigenvalue weighted by atomic mass is 16.5. The SMILES string of the molecule is CCOC(=O)C(C)(C)CC#Cc1cc(C(C)C)cnc1N. The summed E-state index contributed by atoms with van der Waals surface area (Å²) >= 11 is 0. The maximum absolute atomic E-state index is 11.8. The fourth-order valence-electron chi connectivity index (χ4n) is 1.67. The van der Waals surface area contributed by atoms with Crippen molar-refractivity contribution in [2.24, 2.45) is 5.41 Å². The number of carbonyl (C=O) groups is 1. The van der Waals surface area contributed by atoms with Gasteiger partial charge < -0.3 is 10.5 Å². The summed E-state index contributed by atoms with van der Waals surface area (Å²) in [7, 11) is 0. The topological polar surface area (TPSA) is 65.2 Å². The molecule has 4 heteroatoms. The summed E-state index contributed by atoms with van der Waals surface area (Å²) in [6, 6.07) is 1.96. The summed E-state index contributed by atoms with van der Waals surface area (Å²) in [6.07, 6.45) is 2.19.